The van der Waals surface area contributed by atoms with Crippen molar-refractivity contribution >= 4 is 17.2 Å². The fraction of sp³-hybridized carbons (Fsp3) is 0.0870. The molecular formula is C23H17FN6O3. The van der Waals surface area contributed by atoms with E-state index in [0.29, 0.717) is 22.6 Å². The molecule has 0 saturated carbocycles. The third-order valence-electron chi connectivity index (χ3n) is 5.05. The summed E-state index contributed by atoms with van der Waals surface area (Å²) in [5.74, 6) is -0.360. The Morgan fingerprint density at radius 2 is 1.94 bits per heavy atom. The van der Waals surface area contributed by atoms with Crippen molar-refractivity contribution in [1.82, 2.24) is 24.3 Å². The first-order valence-electron chi connectivity index (χ1n) is 10.0. The lowest BCUT2D eigenvalue weighted by molar-refractivity contribution is -0.117. The Bertz CT molecular complexity index is 1540. The standard InChI is InChI=1S/C23H17FN6O3/c1-14-9-10-16(12-18(14)24)25-19(31)13-30-23(32)29-11-5-8-17(21(29)27-30)22-26-20(28-33-22)15-6-3-2-4-7-15/h2-12H,13H2,1H3,(H,25,31). The summed E-state index contributed by atoms with van der Waals surface area (Å²) < 4.78 is 21.4. The Kier molecular flexibility index (Phi) is 5.02. The summed E-state index contributed by atoms with van der Waals surface area (Å²) in [5, 5.41) is 10.9. The van der Waals surface area contributed by atoms with Gasteiger partial charge in [-0.2, -0.15) is 4.98 Å². The molecule has 33 heavy (non-hydrogen) atoms. The molecule has 5 rings (SSSR count). The molecule has 1 N–H and O–H groups in total. The number of carbonyl (C=O) groups is 1. The van der Waals surface area contributed by atoms with Crippen molar-refractivity contribution in [2.75, 3.05) is 5.32 Å². The third kappa shape index (κ3) is 3.89. The second-order valence-electron chi connectivity index (χ2n) is 7.36. The van der Waals surface area contributed by atoms with E-state index in [9.17, 15) is 14.0 Å². The molecule has 0 spiro atoms. The summed E-state index contributed by atoms with van der Waals surface area (Å²) in [6, 6.07) is 17.0. The number of pyridine rings is 1. The van der Waals surface area contributed by atoms with E-state index in [1.54, 1.807) is 31.2 Å². The zero-order valence-corrected chi connectivity index (χ0v) is 17.4. The highest BCUT2D eigenvalue weighted by atomic mass is 19.1. The van der Waals surface area contributed by atoms with Gasteiger partial charge in [0.1, 0.15) is 12.4 Å². The monoisotopic (exact) mass is 444 g/mol. The molecule has 0 bridgehead atoms. The predicted molar refractivity (Wildman–Crippen MR) is 118 cm³/mol. The van der Waals surface area contributed by atoms with Crippen LogP contribution in [0.5, 0.6) is 0 Å². The molecule has 2 aromatic carbocycles. The summed E-state index contributed by atoms with van der Waals surface area (Å²) in [7, 11) is 0. The average Bonchev–Trinajstić information content (AvgIpc) is 3.42. The van der Waals surface area contributed by atoms with Gasteiger partial charge in [-0.25, -0.2) is 18.3 Å². The van der Waals surface area contributed by atoms with Crippen molar-refractivity contribution in [2.45, 2.75) is 13.5 Å². The van der Waals surface area contributed by atoms with Crippen LogP contribution in [0.4, 0.5) is 10.1 Å². The third-order valence-corrected chi connectivity index (χ3v) is 5.05. The normalized spacial score (nSPS) is 11.1. The van der Waals surface area contributed by atoms with Gasteiger partial charge in [-0.3, -0.25) is 4.79 Å². The Morgan fingerprint density at radius 1 is 1.12 bits per heavy atom. The zero-order chi connectivity index (χ0) is 22.9. The molecule has 0 aliphatic heterocycles. The molecule has 0 unspecified atom stereocenters. The molecule has 9 nitrogen and oxygen atoms in total. The number of halogens is 1. The second kappa shape index (κ2) is 8.15. The molecule has 3 heterocycles. The minimum atomic E-state index is -0.519. The Labute approximate surface area is 186 Å². The van der Waals surface area contributed by atoms with Gasteiger partial charge in [-0.05, 0) is 36.8 Å². The van der Waals surface area contributed by atoms with E-state index < -0.39 is 17.4 Å². The fourth-order valence-corrected chi connectivity index (χ4v) is 3.35. The number of nitrogens with one attached hydrogen (secondary N) is 1. The van der Waals surface area contributed by atoms with Crippen LogP contribution in [-0.2, 0) is 11.3 Å². The van der Waals surface area contributed by atoms with Crippen LogP contribution in [0.25, 0.3) is 28.5 Å². The van der Waals surface area contributed by atoms with Crippen molar-refractivity contribution in [3.8, 4) is 22.8 Å². The van der Waals surface area contributed by atoms with Crippen molar-refractivity contribution in [2.24, 2.45) is 0 Å². The molecule has 5 aromatic rings. The fourth-order valence-electron chi connectivity index (χ4n) is 3.35. The number of benzene rings is 2. The minimum absolute atomic E-state index is 0.191. The number of aryl methyl sites for hydroxylation is 1. The van der Waals surface area contributed by atoms with Gasteiger partial charge >= 0.3 is 5.69 Å². The van der Waals surface area contributed by atoms with E-state index in [1.807, 2.05) is 30.3 Å². The van der Waals surface area contributed by atoms with E-state index in [4.69, 9.17) is 4.52 Å². The van der Waals surface area contributed by atoms with Crippen LogP contribution >= 0.6 is 0 Å². The Hall–Kier alpha value is -4.60. The highest BCUT2D eigenvalue weighted by Crippen LogP contribution is 2.24. The number of nitrogens with zero attached hydrogens (tertiary/aromatic N) is 5. The van der Waals surface area contributed by atoms with E-state index in [2.05, 4.69) is 20.6 Å². The number of carbonyl (C=O) groups excluding carboxylic acids is 1. The SMILES string of the molecule is Cc1ccc(NC(=O)Cn2nc3c(-c4nc(-c5ccccc5)no4)cccn3c2=O)cc1F. The molecule has 1 amide bonds. The molecule has 10 heteroatoms. The molecular weight excluding hydrogens is 427 g/mol. The molecule has 0 saturated heterocycles. The number of hydrogen-bond acceptors (Lipinski definition) is 6. The van der Waals surface area contributed by atoms with Crippen molar-refractivity contribution < 1.29 is 13.7 Å². The summed E-state index contributed by atoms with van der Waals surface area (Å²) in [6.45, 7) is 1.27. The van der Waals surface area contributed by atoms with Crippen LogP contribution in [-0.4, -0.2) is 30.2 Å². The van der Waals surface area contributed by atoms with Crippen molar-refractivity contribution in [3.05, 3.63) is 88.7 Å². The van der Waals surface area contributed by atoms with Gasteiger partial charge in [-0.1, -0.05) is 41.6 Å². The number of hydrogen-bond donors (Lipinski definition) is 1. The molecule has 0 fully saturated rings. The van der Waals surface area contributed by atoms with Crippen LogP contribution in [0.2, 0.25) is 0 Å². The van der Waals surface area contributed by atoms with Crippen LogP contribution in [0, 0.1) is 12.7 Å². The first-order chi connectivity index (χ1) is 16.0. The van der Waals surface area contributed by atoms with Gasteiger partial charge in [0, 0.05) is 17.4 Å². The Morgan fingerprint density at radius 3 is 2.73 bits per heavy atom. The van der Waals surface area contributed by atoms with Crippen LogP contribution in [0.15, 0.2) is 76.2 Å². The molecule has 0 aliphatic carbocycles. The van der Waals surface area contributed by atoms with Crippen LogP contribution in [0.3, 0.4) is 0 Å². The quantitative estimate of drug-likeness (QED) is 0.446. The minimum Gasteiger partial charge on any atom is -0.333 e. The van der Waals surface area contributed by atoms with E-state index in [1.165, 1.54) is 16.7 Å². The van der Waals surface area contributed by atoms with E-state index in [0.717, 1.165) is 10.2 Å². The number of amides is 1. The average molecular weight is 444 g/mol. The molecule has 0 atom stereocenters. The first kappa shape index (κ1) is 20.3. The Balaban J connectivity index is 1.44. The smallest absolute Gasteiger partial charge is 0.333 e. The topological polar surface area (TPSA) is 107 Å². The number of aromatic nitrogens is 5. The summed E-state index contributed by atoms with van der Waals surface area (Å²) in [6.07, 6.45) is 1.53. The summed E-state index contributed by atoms with van der Waals surface area (Å²) >= 11 is 0. The maximum Gasteiger partial charge on any atom is 0.350 e. The zero-order valence-electron chi connectivity index (χ0n) is 17.4. The highest BCUT2D eigenvalue weighted by Gasteiger charge is 2.18. The number of anilines is 1. The number of rotatable bonds is 5. The first-order valence-corrected chi connectivity index (χ1v) is 10.0. The molecule has 3 aromatic heterocycles. The van der Waals surface area contributed by atoms with E-state index >= 15 is 0 Å². The lowest BCUT2D eigenvalue weighted by Gasteiger charge is -2.05. The van der Waals surface area contributed by atoms with Crippen LogP contribution in [0.1, 0.15) is 5.56 Å². The summed E-state index contributed by atoms with van der Waals surface area (Å²) in [4.78, 5) is 29.6. The maximum absolute atomic E-state index is 13.7. The molecule has 0 radical (unpaired) electrons. The predicted octanol–water partition coefficient (Wildman–Crippen LogP) is 3.30. The van der Waals surface area contributed by atoms with Gasteiger partial charge in [0.25, 0.3) is 5.89 Å². The number of fused-ring (bicyclic) bond motifs is 1. The van der Waals surface area contributed by atoms with Gasteiger partial charge in [0.05, 0.1) is 5.56 Å². The second-order valence-corrected chi connectivity index (χ2v) is 7.36. The van der Waals surface area contributed by atoms with E-state index in [-0.39, 0.29) is 18.1 Å². The van der Waals surface area contributed by atoms with Crippen molar-refractivity contribution in [1.29, 1.82) is 0 Å². The molecule has 164 valence electrons. The lowest BCUT2D eigenvalue weighted by atomic mass is 10.2. The largest absolute Gasteiger partial charge is 0.350 e. The van der Waals surface area contributed by atoms with Gasteiger partial charge < -0.3 is 9.84 Å². The van der Waals surface area contributed by atoms with Crippen molar-refractivity contribution in [3.63, 3.8) is 0 Å². The lowest BCUT2D eigenvalue weighted by Crippen LogP contribution is -2.28. The maximum atomic E-state index is 13.7. The van der Waals surface area contributed by atoms with Crippen LogP contribution < -0.4 is 11.0 Å². The highest BCUT2D eigenvalue weighted by molar-refractivity contribution is 5.90. The molecule has 0 aliphatic rings. The summed E-state index contributed by atoms with van der Waals surface area (Å²) in [5.41, 5.74) is 1.74. The van der Waals surface area contributed by atoms with Gasteiger partial charge in [0.15, 0.2) is 5.65 Å². The van der Waals surface area contributed by atoms with Gasteiger partial charge in [-0.15, -0.1) is 5.10 Å². The van der Waals surface area contributed by atoms with Gasteiger partial charge in [0.2, 0.25) is 11.7 Å².